The summed E-state index contributed by atoms with van der Waals surface area (Å²) in [6, 6.07) is 16.6. The van der Waals surface area contributed by atoms with Crippen molar-refractivity contribution in [2.24, 2.45) is 5.73 Å². The van der Waals surface area contributed by atoms with Crippen molar-refractivity contribution in [3.8, 4) is 0 Å². The van der Waals surface area contributed by atoms with E-state index in [0.29, 0.717) is 22.3 Å². The standard InChI is InChI=1S/C30H29F3N4O6S/c31-30(32,33)22-12-8-20(9-13-22)16-26(38)35-24(15-18-4-2-1-3-5-18)29(41)36-23(28(34)40)14-19-6-10-21(11-7-19)25-17-27(39)37-44(25,42)43/h1-13,23-25H,14-17H2,(H2,34,40)(H,35,38)(H,36,41)(H,37,39)/t23-,24-,25?/m0/s1. The molecule has 14 heteroatoms. The lowest BCUT2D eigenvalue weighted by Gasteiger charge is -2.22. The molecule has 3 aromatic carbocycles. The van der Waals surface area contributed by atoms with Crippen molar-refractivity contribution >= 4 is 33.7 Å². The van der Waals surface area contributed by atoms with Crippen molar-refractivity contribution < 1.29 is 40.8 Å². The van der Waals surface area contributed by atoms with E-state index in [2.05, 4.69) is 10.6 Å². The van der Waals surface area contributed by atoms with Crippen molar-refractivity contribution in [3.05, 3.63) is 107 Å². The molecular formula is C30H29F3N4O6S. The highest BCUT2D eigenvalue weighted by atomic mass is 32.2. The molecule has 1 heterocycles. The third kappa shape index (κ3) is 8.43. The molecule has 1 saturated heterocycles. The fourth-order valence-corrected chi connectivity index (χ4v) is 6.18. The van der Waals surface area contributed by atoms with Gasteiger partial charge in [0.25, 0.3) is 0 Å². The number of hydrogen-bond donors (Lipinski definition) is 4. The van der Waals surface area contributed by atoms with E-state index in [-0.39, 0.29) is 25.7 Å². The van der Waals surface area contributed by atoms with Crippen molar-refractivity contribution in [1.29, 1.82) is 0 Å². The Bertz CT molecular complexity index is 1630. The number of primary amides is 1. The van der Waals surface area contributed by atoms with Gasteiger partial charge in [-0.25, -0.2) is 8.42 Å². The third-order valence-corrected chi connectivity index (χ3v) is 8.73. The highest BCUT2D eigenvalue weighted by Gasteiger charge is 2.38. The highest BCUT2D eigenvalue weighted by Crippen LogP contribution is 2.30. The minimum absolute atomic E-state index is 0.0481. The molecule has 232 valence electrons. The second-order valence-electron chi connectivity index (χ2n) is 10.4. The fourth-order valence-electron chi connectivity index (χ4n) is 4.75. The van der Waals surface area contributed by atoms with E-state index < -0.39 is 62.7 Å². The Hall–Kier alpha value is -4.72. The van der Waals surface area contributed by atoms with Crippen LogP contribution in [0.15, 0.2) is 78.9 Å². The molecule has 3 aromatic rings. The number of nitrogens with two attached hydrogens (primary N) is 1. The molecule has 1 aliphatic heterocycles. The number of benzene rings is 3. The summed E-state index contributed by atoms with van der Waals surface area (Å²) in [6.45, 7) is 0. The first-order chi connectivity index (χ1) is 20.7. The Balaban J connectivity index is 1.45. The zero-order valence-electron chi connectivity index (χ0n) is 23.1. The van der Waals surface area contributed by atoms with Gasteiger partial charge in [-0.2, -0.15) is 13.2 Å². The predicted molar refractivity (Wildman–Crippen MR) is 153 cm³/mol. The van der Waals surface area contributed by atoms with Crippen molar-refractivity contribution in [2.75, 3.05) is 0 Å². The lowest BCUT2D eigenvalue weighted by Crippen LogP contribution is -2.54. The topological polar surface area (TPSA) is 165 Å². The van der Waals surface area contributed by atoms with Crippen molar-refractivity contribution in [2.45, 2.75) is 49.2 Å². The number of nitrogens with one attached hydrogen (secondary N) is 3. The largest absolute Gasteiger partial charge is 0.416 e. The fraction of sp³-hybridized carbons (Fsp3) is 0.267. The van der Waals surface area contributed by atoms with E-state index in [1.165, 1.54) is 24.3 Å². The zero-order valence-corrected chi connectivity index (χ0v) is 24.0. The molecule has 4 rings (SSSR count). The smallest absolute Gasteiger partial charge is 0.368 e. The quantitative estimate of drug-likeness (QED) is 0.253. The molecule has 1 aliphatic rings. The van der Waals surface area contributed by atoms with Gasteiger partial charge >= 0.3 is 6.18 Å². The molecule has 1 unspecified atom stereocenters. The number of amides is 4. The van der Waals surface area contributed by atoms with Crippen LogP contribution in [0.25, 0.3) is 0 Å². The summed E-state index contributed by atoms with van der Waals surface area (Å²) in [6.07, 6.45) is -5.02. The average Bonchev–Trinajstić information content (AvgIpc) is 3.24. The molecule has 3 atom stereocenters. The van der Waals surface area contributed by atoms with Gasteiger partial charge in [-0.1, -0.05) is 66.7 Å². The molecule has 4 amide bonds. The van der Waals surface area contributed by atoms with E-state index in [1.807, 2.05) is 4.72 Å². The predicted octanol–water partition coefficient (Wildman–Crippen LogP) is 2.08. The maximum Gasteiger partial charge on any atom is 0.416 e. The average molecular weight is 631 g/mol. The Morgan fingerprint density at radius 3 is 1.95 bits per heavy atom. The second-order valence-corrected chi connectivity index (χ2v) is 12.2. The summed E-state index contributed by atoms with van der Waals surface area (Å²) in [7, 11) is -3.84. The Labute approximate surface area is 251 Å². The van der Waals surface area contributed by atoms with Crippen LogP contribution in [0.2, 0.25) is 0 Å². The van der Waals surface area contributed by atoms with Crippen LogP contribution in [0.4, 0.5) is 13.2 Å². The maximum atomic E-state index is 13.4. The maximum absolute atomic E-state index is 13.4. The van der Waals surface area contributed by atoms with Crippen LogP contribution in [0.5, 0.6) is 0 Å². The monoisotopic (exact) mass is 630 g/mol. The Morgan fingerprint density at radius 2 is 1.41 bits per heavy atom. The van der Waals surface area contributed by atoms with Gasteiger partial charge in [-0.15, -0.1) is 0 Å². The van der Waals surface area contributed by atoms with E-state index in [9.17, 15) is 40.8 Å². The van der Waals surface area contributed by atoms with E-state index in [1.54, 1.807) is 42.5 Å². The van der Waals surface area contributed by atoms with Gasteiger partial charge < -0.3 is 16.4 Å². The third-order valence-electron chi connectivity index (χ3n) is 7.03. The summed E-state index contributed by atoms with van der Waals surface area (Å²) in [4.78, 5) is 50.1. The minimum Gasteiger partial charge on any atom is -0.368 e. The molecular weight excluding hydrogens is 601 g/mol. The number of sulfonamides is 1. The van der Waals surface area contributed by atoms with Crippen molar-refractivity contribution in [1.82, 2.24) is 15.4 Å². The van der Waals surface area contributed by atoms with Crippen LogP contribution in [-0.4, -0.2) is 44.1 Å². The number of alkyl halides is 3. The van der Waals surface area contributed by atoms with Crippen molar-refractivity contribution in [3.63, 3.8) is 0 Å². The number of carbonyl (C=O) groups excluding carboxylic acids is 4. The first-order valence-corrected chi connectivity index (χ1v) is 15.0. The summed E-state index contributed by atoms with van der Waals surface area (Å²) in [5.41, 5.74) is 6.63. The first kappa shape index (κ1) is 32.2. The van der Waals surface area contributed by atoms with Crippen LogP contribution in [0, 0.1) is 0 Å². The Kier molecular flexibility index (Phi) is 9.72. The van der Waals surface area contributed by atoms with Crippen LogP contribution in [-0.2, 0) is 54.6 Å². The molecule has 5 N–H and O–H groups in total. The SMILES string of the molecule is NC(=O)[C@H](Cc1ccc(C2CC(=O)NS2(=O)=O)cc1)NC(=O)[C@H](Cc1ccccc1)NC(=O)Cc1ccc(C(F)(F)F)cc1. The molecule has 10 nitrogen and oxygen atoms in total. The van der Waals surface area contributed by atoms with Crippen LogP contribution >= 0.6 is 0 Å². The van der Waals surface area contributed by atoms with Crippen LogP contribution in [0.1, 0.15) is 39.5 Å². The lowest BCUT2D eigenvalue weighted by atomic mass is 10.0. The van der Waals surface area contributed by atoms with Gasteiger partial charge in [0, 0.05) is 12.8 Å². The van der Waals surface area contributed by atoms with Gasteiger partial charge in [-0.05, 0) is 34.4 Å². The molecule has 0 bridgehead atoms. The zero-order chi connectivity index (χ0) is 32.1. The molecule has 0 radical (unpaired) electrons. The van der Waals surface area contributed by atoms with Gasteiger partial charge in [0.1, 0.15) is 17.3 Å². The minimum atomic E-state index is -4.52. The molecule has 0 spiro atoms. The van der Waals surface area contributed by atoms with E-state index >= 15 is 0 Å². The molecule has 0 saturated carbocycles. The number of halogens is 3. The van der Waals surface area contributed by atoms with Crippen LogP contribution in [0.3, 0.4) is 0 Å². The number of hydrogen-bond acceptors (Lipinski definition) is 6. The van der Waals surface area contributed by atoms with Gasteiger partial charge in [0.15, 0.2) is 0 Å². The molecule has 44 heavy (non-hydrogen) atoms. The van der Waals surface area contributed by atoms with E-state index in [0.717, 1.165) is 12.1 Å². The van der Waals surface area contributed by atoms with Crippen LogP contribution < -0.4 is 21.1 Å². The normalized spacial score (nSPS) is 17.2. The lowest BCUT2D eigenvalue weighted by molar-refractivity contribution is -0.137. The molecule has 1 fully saturated rings. The Morgan fingerprint density at radius 1 is 0.841 bits per heavy atom. The summed E-state index contributed by atoms with van der Waals surface area (Å²) in [5, 5.41) is 4.12. The first-order valence-electron chi connectivity index (χ1n) is 13.4. The van der Waals surface area contributed by atoms with Gasteiger partial charge in [-0.3, -0.25) is 23.9 Å². The molecule has 0 aliphatic carbocycles. The van der Waals surface area contributed by atoms with Gasteiger partial charge in [0.2, 0.25) is 33.7 Å². The van der Waals surface area contributed by atoms with Gasteiger partial charge in [0.05, 0.1) is 18.4 Å². The number of rotatable bonds is 11. The highest BCUT2D eigenvalue weighted by molar-refractivity contribution is 7.90. The second kappa shape index (κ2) is 13.3. The number of carbonyl (C=O) groups is 4. The summed E-state index contributed by atoms with van der Waals surface area (Å²) >= 11 is 0. The van der Waals surface area contributed by atoms with E-state index in [4.69, 9.17) is 5.73 Å². The molecule has 0 aromatic heterocycles. The summed E-state index contributed by atoms with van der Waals surface area (Å²) < 4.78 is 64.9. The summed E-state index contributed by atoms with van der Waals surface area (Å²) in [5.74, 6) is -2.80.